The van der Waals surface area contributed by atoms with E-state index in [1.54, 1.807) is 0 Å². The van der Waals surface area contributed by atoms with Crippen molar-refractivity contribution in [3.63, 3.8) is 0 Å². The highest BCUT2D eigenvalue weighted by atomic mass is 16.1. The quantitative estimate of drug-likeness (QED) is 0.133. The lowest BCUT2D eigenvalue weighted by Gasteiger charge is -2.35. The Morgan fingerprint density at radius 2 is 0.860 bits per heavy atom. The van der Waals surface area contributed by atoms with Gasteiger partial charge in [0.1, 0.15) is 12.6 Å². The van der Waals surface area contributed by atoms with E-state index < -0.39 is 0 Å². The van der Waals surface area contributed by atoms with Crippen molar-refractivity contribution in [2.75, 3.05) is 0 Å². The third-order valence-electron chi connectivity index (χ3n) is 12.7. The first kappa shape index (κ1) is 33.8. The van der Waals surface area contributed by atoms with Crippen LogP contribution in [0, 0.1) is 0 Å². The van der Waals surface area contributed by atoms with Crippen LogP contribution in [0.2, 0.25) is 0 Å². The average Bonchev–Trinajstić information content (AvgIpc) is 3.73. The van der Waals surface area contributed by atoms with Crippen LogP contribution >= 0.6 is 0 Å². The molecule has 274 valence electrons. The molecule has 7 aromatic carbocycles. The van der Waals surface area contributed by atoms with Gasteiger partial charge in [-0.15, -0.1) is 0 Å². The molecular weight excluding hydrogens is 695 g/mol. The molecule has 2 aliphatic heterocycles. The molecule has 0 atom stereocenters. The third kappa shape index (κ3) is 4.75. The van der Waals surface area contributed by atoms with Crippen LogP contribution in [0.4, 0.5) is 0 Å². The zero-order valence-electron chi connectivity index (χ0n) is 33.1. The Labute approximate surface area is 332 Å². The molecular formula is C52H41BN2O2. The Kier molecular flexibility index (Phi) is 6.86. The van der Waals surface area contributed by atoms with Gasteiger partial charge in [0.15, 0.2) is 0 Å². The lowest BCUT2D eigenvalue weighted by atomic mass is 9.34. The Morgan fingerprint density at radius 1 is 0.456 bits per heavy atom. The Bertz CT molecular complexity index is 3010. The van der Waals surface area contributed by atoms with Gasteiger partial charge in [-0.2, -0.15) is 0 Å². The number of aromatic nitrogens is 2. The summed E-state index contributed by atoms with van der Waals surface area (Å²) in [6.45, 7) is 14.0. The molecule has 5 heteroatoms. The Hall–Kier alpha value is -6.46. The van der Waals surface area contributed by atoms with Crippen LogP contribution < -0.4 is 16.4 Å². The molecule has 0 N–H and O–H groups in total. The second-order valence-electron chi connectivity index (χ2n) is 18.2. The van der Waals surface area contributed by atoms with Gasteiger partial charge >= 0.3 is 0 Å². The minimum atomic E-state index is -0.0757. The van der Waals surface area contributed by atoms with Gasteiger partial charge in [-0.1, -0.05) is 120 Å². The van der Waals surface area contributed by atoms with Crippen LogP contribution in [0.25, 0.3) is 77.2 Å². The fourth-order valence-electron chi connectivity index (χ4n) is 9.74. The molecule has 0 fully saturated rings. The van der Waals surface area contributed by atoms with E-state index in [0.29, 0.717) is 11.1 Å². The highest BCUT2D eigenvalue weighted by Crippen LogP contribution is 2.43. The average molecular weight is 737 g/mol. The number of nitrogens with zero attached hydrogens (tertiary/aromatic N) is 2. The predicted octanol–water partition coefficient (Wildman–Crippen LogP) is 10.6. The van der Waals surface area contributed by atoms with E-state index >= 15 is 0 Å². The second kappa shape index (κ2) is 11.5. The van der Waals surface area contributed by atoms with E-state index in [1.165, 1.54) is 82.5 Å². The molecule has 9 aromatic rings. The SMILES string of the molecule is CC(C)(C)c1cc2c3c(c1)c1cc(-c4ccc(C=O)cc4)ccc1n3-c1cccc3c1B2c1cc(C(C)(C)C)cc2c4cc(-c5ccc(C=O)cc5)ccc4n-3c12. The number of carbonyl (C=O) groups is 2. The molecule has 0 radical (unpaired) electrons. The molecule has 2 aromatic heterocycles. The number of benzene rings is 7. The number of hydrogen-bond acceptors (Lipinski definition) is 2. The van der Waals surface area contributed by atoms with Crippen molar-refractivity contribution >= 4 is 79.3 Å². The summed E-state index contributed by atoms with van der Waals surface area (Å²) in [5, 5.41) is 5.01. The molecule has 0 spiro atoms. The van der Waals surface area contributed by atoms with Crippen molar-refractivity contribution in [2.45, 2.75) is 52.4 Å². The van der Waals surface area contributed by atoms with E-state index in [9.17, 15) is 9.59 Å². The van der Waals surface area contributed by atoms with Crippen LogP contribution in [-0.2, 0) is 10.8 Å². The topological polar surface area (TPSA) is 44.0 Å². The van der Waals surface area contributed by atoms with Crippen LogP contribution in [0.15, 0.2) is 127 Å². The summed E-state index contributed by atoms with van der Waals surface area (Å²) in [7, 11) is 0. The zero-order chi connectivity index (χ0) is 39.1. The summed E-state index contributed by atoms with van der Waals surface area (Å²) in [4.78, 5) is 22.9. The lowest BCUT2D eigenvalue weighted by molar-refractivity contribution is 0.111. The summed E-state index contributed by atoms with van der Waals surface area (Å²) in [5.74, 6) is 0. The van der Waals surface area contributed by atoms with Crippen molar-refractivity contribution in [2.24, 2.45) is 0 Å². The van der Waals surface area contributed by atoms with Crippen molar-refractivity contribution in [3.05, 3.63) is 150 Å². The monoisotopic (exact) mass is 736 g/mol. The van der Waals surface area contributed by atoms with Crippen molar-refractivity contribution in [1.82, 2.24) is 9.13 Å². The summed E-state index contributed by atoms with van der Waals surface area (Å²) < 4.78 is 5.06. The molecule has 4 nitrogen and oxygen atoms in total. The van der Waals surface area contributed by atoms with E-state index in [4.69, 9.17) is 0 Å². The first-order valence-corrected chi connectivity index (χ1v) is 19.9. The number of carbonyl (C=O) groups excluding carboxylic acids is 2. The molecule has 0 aliphatic carbocycles. The predicted molar refractivity (Wildman–Crippen MR) is 239 cm³/mol. The summed E-state index contributed by atoms with van der Waals surface area (Å²) in [6.07, 6.45) is 1.80. The molecule has 0 unspecified atom stereocenters. The second-order valence-corrected chi connectivity index (χ2v) is 18.2. The van der Waals surface area contributed by atoms with Gasteiger partial charge in [0.25, 0.3) is 6.71 Å². The molecule has 57 heavy (non-hydrogen) atoms. The maximum Gasteiger partial charge on any atom is 0.252 e. The van der Waals surface area contributed by atoms with Gasteiger partial charge in [-0.05, 0) is 109 Å². The number of fused-ring (bicyclic) bond motifs is 10. The molecule has 4 heterocycles. The first-order chi connectivity index (χ1) is 27.4. The van der Waals surface area contributed by atoms with Crippen molar-refractivity contribution in [1.29, 1.82) is 0 Å². The normalized spacial score (nSPS) is 13.2. The smallest absolute Gasteiger partial charge is 0.252 e. The van der Waals surface area contributed by atoms with Crippen molar-refractivity contribution in [3.8, 4) is 33.6 Å². The summed E-state index contributed by atoms with van der Waals surface area (Å²) in [6, 6.07) is 46.3. The number of rotatable bonds is 4. The standard InChI is InChI=1S/C52H41BN2O2/c1-51(2,3)36-24-40-38-22-34(32-14-10-30(28-56)11-15-32)18-20-44(38)54-46-8-7-9-47-48(46)53(42(26-36)49(40)54)43-27-37(52(4,5)6)25-41-39-23-35(19-21-45(39)55(47)50(41)43)33-16-12-31(29-57)13-17-33/h7-29H,1-6H3. The highest BCUT2D eigenvalue weighted by molar-refractivity contribution is 7.00. The minimum Gasteiger partial charge on any atom is -0.310 e. The molecule has 0 amide bonds. The maximum absolute atomic E-state index is 11.5. The van der Waals surface area contributed by atoms with Gasteiger partial charge in [-0.3, -0.25) is 9.59 Å². The van der Waals surface area contributed by atoms with Gasteiger partial charge in [0.2, 0.25) is 0 Å². The van der Waals surface area contributed by atoms with Crippen LogP contribution in [0.5, 0.6) is 0 Å². The van der Waals surface area contributed by atoms with Crippen LogP contribution in [0.1, 0.15) is 73.4 Å². The van der Waals surface area contributed by atoms with Gasteiger partial charge in [0.05, 0.1) is 11.0 Å². The first-order valence-electron chi connectivity index (χ1n) is 19.9. The molecule has 0 saturated carbocycles. The van der Waals surface area contributed by atoms with Gasteiger partial charge in [-0.25, -0.2) is 0 Å². The fourth-order valence-corrected chi connectivity index (χ4v) is 9.74. The van der Waals surface area contributed by atoms with Gasteiger partial charge in [0, 0.05) is 55.1 Å². The van der Waals surface area contributed by atoms with E-state index in [1.807, 2.05) is 48.5 Å². The molecule has 11 rings (SSSR count). The maximum atomic E-state index is 11.5. The number of hydrogen-bond donors (Lipinski definition) is 0. The minimum absolute atomic E-state index is 0.0325. The van der Waals surface area contributed by atoms with E-state index in [0.717, 1.165) is 34.8 Å². The Morgan fingerprint density at radius 3 is 1.25 bits per heavy atom. The van der Waals surface area contributed by atoms with E-state index in [2.05, 4.69) is 130 Å². The lowest BCUT2D eigenvalue weighted by Crippen LogP contribution is -2.59. The summed E-state index contributed by atoms with van der Waals surface area (Å²) >= 11 is 0. The third-order valence-corrected chi connectivity index (χ3v) is 12.7. The van der Waals surface area contributed by atoms with Crippen LogP contribution in [0.3, 0.4) is 0 Å². The van der Waals surface area contributed by atoms with E-state index in [-0.39, 0.29) is 17.5 Å². The molecule has 2 aliphatic rings. The number of aldehydes is 2. The highest BCUT2D eigenvalue weighted by Gasteiger charge is 2.42. The fraction of sp³-hybridized carbons (Fsp3) is 0.154. The largest absolute Gasteiger partial charge is 0.310 e. The summed E-state index contributed by atoms with van der Waals surface area (Å²) in [5.41, 5.74) is 19.8. The molecule has 0 bridgehead atoms. The zero-order valence-corrected chi connectivity index (χ0v) is 33.1. The van der Waals surface area contributed by atoms with Crippen LogP contribution in [-0.4, -0.2) is 28.4 Å². The van der Waals surface area contributed by atoms with Crippen molar-refractivity contribution < 1.29 is 9.59 Å². The Balaban J connectivity index is 1.25. The molecule has 0 saturated heterocycles. The van der Waals surface area contributed by atoms with Gasteiger partial charge < -0.3 is 9.13 Å².